The Morgan fingerprint density at radius 1 is 1.16 bits per heavy atom. The van der Waals surface area contributed by atoms with Gasteiger partial charge in [0.2, 0.25) is 5.91 Å². The first-order valence-corrected chi connectivity index (χ1v) is 9.60. The Bertz CT molecular complexity index is 551. The highest BCUT2D eigenvalue weighted by atomic mass is 16.3. The second-order valence-corrected chi connectivity index (χ2v) is 7.44. The molecule has 3 atom stereocenters. The molecule has 2 heterocycles. The SMILES string of the molecule is CC(NC(=O)CN1CCCC1CN1CCCC1CO)c1ccccc1. The summed E-state index contributed by atoms with van der Waals surface area (Å²) in [6, 6.07) is 10.9. The number of nitrogens with zero attached hydrogens (tertiary/aromatic N) is 2. The van der Waals surface area contributed by atoms with E-state index in [1.165, 1.54) is 6.42 Å². The molecule has 0 saturated carbocycles. The van der Waals surface area contributed by atoms with Gasteiger partial charge in [-0.15, -0.1) is 0 Å². The lowest BCUT2D eigenvalue weighted by Gasteiger charge is -2.31. The second kappa shape index (κ2) is 8.79. The summed E-state index contributed by atoms with van der Waals surface area (Å²) in [6.07, 6.45) is 4.57. The van der Waals surface area contributed by atoms with E-state index < -0.39 is 0 Å². The molecule has 0 bridgehead atoms. The molecule has 2 saturated heterocycles. The maximum atomic E-state index is 12.5. The fraction of sp³-hybridized carbons (Fsp3) is 0.650. The van der Waals surface area contributed by atoms with Crippen molar-refractivity contribution in [3.8, 4) is 0 Å². The van der Waals surface area contributed by atoms with Crippen LogP contribution in [0.3, 0.4) is 0 Å². The lowest BCUT2D eigenvalue weighted by atomic mass is 10.1. The molecule has 2 N–H and O–H groups in total. The molecule has 138 valence electrons. The molecule has 0 aromatic heterocycles. The number of rotatable bonds is 7. The maximum Gasteiger partial charge on any atom is 0.234 e. The predicted octanol–water partition coefficient (Wildman–Crippen LogP) is 1.78. The number of aliphatic hydroxyl groups excluding tert-OH is 1. The van der Waals surface area contributed by atoms with Gasteiger partial charge in [-0.1, -0.05) is 30.3 Å². The molecule has 2 aliphatic rings. The summed E-state index contributed by atoms with van der Waals surface area (Å²) >= 11 is 0. The van der Waals surface area contributed by atoms with Gasteiger partial charge >= 0.3 is 0 Å². The third-order valence-electron chi connectivity index (χ3n) is 5.68. The number of amides is 1. The Morgan fingerprint density at radius 3 is 2.56 bits per heavy atom. The Labute approximate surface area is 151 Å². The van der Waals surface area contributed by atoms with Crippen molar-refractivity contribution < 1.29 is 9.90 Å². The zero-order valence-electron chi connectivity index (χ0n) is 15.2. The molecule has 0 aliphatic carbocycles. The number of aliphatic hydroxyl groups is 1. The van der Waals surface area contributed by atoms with Crippen molar-refractivity contribution in [3.63, 3.8) is 0 Å². The smallest absolute Gasteiger partial charge is 0.234 e. The van der Waals surface area contributed by atoms with Crippen LogP contribution < -0.4 is 5.32 Å². The molecule has 1 aromatic carbocycles. The normalized spacial score (nSPS) is 26.0. The van der Waals surface area contributed by atoms with Crippen molar-refractivity contribution in [1.29, 1.82) is 0 Å². The van der Waals surface area contributed by atoms with Gasteiger partial charge in [0.25, 0.3) is 0 Å². The third kappa shape index (κ3) is 4.81. The number of carbonyl (C=O) groups is 1. The summed E-state index contributed by atoms with van der Waals surface area (Å²) in [4.78, 5) is 17.2. The molecule has 1 amide bonds. The van der Waals surface area contributed by atoms with Gasteiger partial charge in [0.05, 0.1) is 19.2 Å². The van der Waals surface area contributed by atoms with E-state index in [-0.39, 0.29) is 18.6 Å². The van der Waals surface area contributed by atoms with Gasteiger partial charge in [-0.25, -0.2) is 0 Å². The van der Waals surface area contributed by atoms with E-state index in [1.807, 2.05) is 37.3 Å². The quantitative estimate of drug-likeness (QED) is 0.791. The van der Waals surface area contributed by atoms with Crippen molar-refractivity contribution in [2.75, 3.05) is 32.8 Å². The Morgan fingerprint density at radius 2 is 1.84 bits per heavy atom. The Hall–Kier alpha value is -1.43. The first kappa shape index (κ1) is 18.4. The van der Waals surface area contributed by atoms with Crippen LogP contribution in [0.25, 0.3) is 0 Å². The summed E-state index contributed by atoms with van der Waals surface area (Å²) in [5.41, 5.74) is 1.14. The predicted molar refractivity (Wildman–Crippen MR) is 99.3 cm³/mol. The zero-order chi connectivity index (χ0) is 17.6. The van der Waals surface area contributed by atoms with Crippen LogP contribution in [0.5, 0.6) is 0 Å². The summed E-state index contributed by atoms with van der Waals surface area (Å²) in [5.74, 6) is 0.100. The number of likely N-dealkylation sites (tertiary alicyclic amines) is 2. The minimum atomic E-state index is 0.0344. The van der Waals surface area contributed by atoms with E-state index >= 15 is 0 Å². The topological polar surface area (TPSA) is 55.8 Å². The highest BCUT2D eigenvalue weighted by Gasteiger charge is 2.32. The lowest BCUT2D eigenvalue weighted by Crippen LogP contribution is -2.46. The molecular formula is C20H31N3O2. The van der Waals surface area contributed by atoms with Gasteiger partial charge in [0.1, 0.15) is 0 Å². The molecule has 0 spiro atoms. The van der Waals surface area contributed by atoms with Gasteiger partial charge in [0, 0.05) is 18.6 Å². The van der Waals surface area contributed by atoms with Crippen LogP contribution >= 0.6 is 0 Å². The number of carbonyl (C=O) groups excluding carboxylic acids is 1. The fourth-order valence-electron chi connectivity index (χ4n) is 4.22. The van der Waals surface area contributed by atoms with Gasteiger partial charge < -0.3 is 10.4 Å². The monoisotopic (exact) mass is 345 g/mol. The minimum absolute atomic E-state index is 0.0344. The number of hydrogen-bond acceptors (Lipinski definition) is 4. The van der Waals surface area contributed by atoms with E-state index in [0.717, 1.165) is 44.5 Å². The van der Waals surface area contributed by atoms with Crippen molar-refractivity contribution in [1.82, 2.24) is 15.1 Å². The van der Waals surface area contributed by atoms with Crippen LogP contribution in [0.2, 0.25) is 0 Å². The standard InChI is InChI=1S/C20H31N3O2/c1-16(17-7-3-2-4-8-17)21-20(25)14-23-12-5-9-18(23)13-22-11-6-10-19(22)15-24/h2-4,7-8,16,18-19,24H,5-6,9-15H2,1H3,(H,21,25). The summed E-state index contributed by atoms with van der Waals surface area (Å²) in [5, 5.41) is 12.6. The van der Waals surface area contributed by atoms with Gasteiger partial charge in [-0.05, 0) is 51.3 Å². The zero-order valence-corrected chi connectivity index (χ0v) is 15.2. The first-order chi connectivity index (χ1) is 12.2. The minimum Gasteiger partial charge on any atom is -0.395 e. The molecule has 2 aliphatic heterocycles. The highest BCUT2D eigenvalue weighted by Crippen LogP contribution is 2.23. The fourth-order valence-corrected chi connectivity index (χ4v) is 4.22. The first-order valence-electron chi connectivity index (χ1n) is 9.60. The average molecular weight is 345 g/mol. The van der Waals surface area contributed by atoms with Gasteiger partial charge in [-0.2, -0.15) is 0 Å². The van der Waals surface area contributed by atoms with E-state index in [4.69, 9.17) is 0 Å². The van der Waals surface area contributed by atoms with E-state index in [0.29, 0.717) is 18.6 Å². The number of benzene rings is 1. The molecule has 3 unspecified atom stereocenters. The van der Waals surface area contributed by atoms with Crippen LogP contribution in [0.15, 0.2) is 30.3 Å². The van der Waals surface area contributed by atoms with Gasteiger partial charge in [-0.3, -0.25) is 14.6 Å². The van der Waals surface area contributed by atoms with Crippen LogP contribution in [0.1, 0.15) is 44.2 Å². The summed E-state index contributed by atoms with van der Waals surface area (Å²) < 4.78 is 0. The lowest BCUT2D eigenvalue weighted by molar-refractivity contribution is -0.123. The van der Waals surface area contributed by atoms with Crippen LogP contribution in [-0.2, 0) is 4.79 Å². The van der Waals surface area contributed by atoms with Crippen LogP contribution in [0, 0.1) is 0 Å². The average Bonchev–Trinajstić information content (AvgIpc) is 3.25. The van der Waals surface area contributed by atoms with E-state index in [1.54, 1.807) is 0 Å². The molecule has 5 heteroatoms. The molecule has 25 heavy (non-hydrogen) atoms. The number of hydrogen-bond donors (Lipinski definition) is 2. The van der Waals surface area contributed by atoms with Gasteiger partial charge in [0.15, 0.2) is 0 Å². The second-order valence-electron chi connectivity index (χ2n) is 7.44. The molecular weight excluding hydrogens is 314 g/mol. The summed E-state index contributed by atoms with van der Waals surface area (Å²) in [7, 11) is 0. The summed E-state index contributed by atoms with van der Waals surface area (Å²) in [6.45, 7) is 5.81. The molecule has 5 nitrogen and oxygen atoms in total. The molecule has 1 aromatic rings. The van der Waals surface area contributed by atoms with Crippen LogP contribution in [-0.4, -0.2) is 65.7 Å². The van der Waals surface area contributed by atoms with Crippen molar-refractivity contribution in [2.24, 2.45) is 0 Å². The van der Waals surface area contributed by atoms with Crippen LogP contribution in [0.4, 0.5) is 0 Å². The van der Waals surface area contributed by atoms with Crippen molar-refractivity contribution >= 4 is 5.91 Å². The molecule has 0 radical (unpaired) electrons. The Balaban J connectivity index is 1.50. The Kier molecular flexibility index (Phi) is 6.45. The molecule has 3 rings (SSSR count). The van der Waals surface area contributed by atoms with Crippen molar-refractivity contribution in [3.05, 3.63) is 35.9 Å². The maximum absolute atomic E-state index is 12.5. The van der Waals surface area contributed by atoms with E-state index in [9.17, 15) is 9.90 Å². The highest BCUT2D eigenvalue weighted by molar-refractivity contribution is 5.78. The molecule has 2 fully saturated rings. The largest absolute Gasteiger partial charge is 0.395 e. The van der Waals surface area contributed by atoms with E-state index in [2.05, 4.69) is 15.1 Å². The third-order valence-corrected chi connectivity index (χ3v) is 5.68. The number of nitrogens with one attached hydrogen (secondary N) is 1. The van der Waals surface area contributed by atoms with Crippen molar-refractivity contribution in [2.45, 2.75) is 50.7 Å².